The standard InChI is InChI=1S/C34H66O4/c1-3-5-7-8-9-10-11-12-13-14-15-16-20-23-27-31-34(37)38-32(28-24-6-4-2)29-25-21-18-17-19-22-26-30-33(35)36/h32H,3-31H2,1-2H3,(H,35,36). The molecule has 0 aromatic carbocycles. The van der Waals surface area contributed by atoms with Gasteiger partial charge in [0.15, 0.2) is 0 Å². The number of aliphatic carboxylic acids is 1. The molecule has 0 saturated carbocycles. The highest BCUT2D eigenvalue weighted by molar-refractivity contribution is 5.69. The molecule has 1 atom stereocenters. The Hall–Kier alpha value is -1.06. The Morgan fingerprint density at radius 1 is 0.474 bits per heavy atom. The van der Waals surface area contributed by atoms with Gasteiger partial charge >= 0.3 is 11.9 Å². The number of carboxylic acid groups (broad SMARTS) is 1. The topological polar surface area (TPSA) is 63.6 Å². The van der Waals surface area contributed by atoms with Gasteiger partial charge in [-0.05, 0) is 38.5 Å². The maximum Gasteiger partial charge on any atom is 0.306 e. The summed E-state index contributed by atoms with van der Waals surface area (Å²) in [5, 5.41) is 8.69. The first-order valence-electron chi connectivity index (χ1n) is 17.0. The van der Waals surface area contributed by atoms with Gasteiger partial charge < -0.3 is 9.84 Å². The first-order valence-corrected chi connectivity index (χ1v) is 17.0. The number of ether oxygens (including phenoxy) is 1. The number of carbonyl (C=O) groups is 2. The minimum atomic E-state index is -0.687. The van der Waals surface area contributed by atoms with Gasteiger partial charge in [-0.1, -0.05) is 149 Å². The quantitative estimate of drug-likeness (QED) is 0.0704. The molecule has 0 bridgehead atoms. The third-order valence-electron chi connectivity index (χ3n) is 7.83. The third-order valence-corrected chi connectivity index (χ3v) is 7.83. The van der Waals surface area contributed by atoms with Crippen LogP contribution in [-0.4, -0.2) is 23.1 Å². The van der Waals surface area contributed by atoms with Crippen molar-refractivity contribution in [2.24, 2.45) is 0 Å². The summed E-state index contributed by atoms with van der Waals surface area (Å²) in [5.41, 5.74) is 0. The molecule has 0 fully saturated rings. The van der Waals surface area contributed by atoms with Crippen molar-refractivity contribution in [2.75, 3.05) is 0 Å². The van der Waals surface area contributed by atoms with Gasteiger partial charge in [0.25, 0.3) is 0 Å². The van der Waals surface area contributed by atoms with Crippen molar-refractivity contribution in [2.45, 2.75) is 206 Å². The Balaban J connectivity index is 3.70. The lowest BCUT2D eigenvalue weighted by Gasteiger charge is -2.18. The Kier molecular flexibility index (Phi) is 29.6. The van der Waals surface area contributed by atoms with E-state index >= 15 is 0 Å². The summed E-state index contributed by atoms with van der Waals surface area (Å²) in [7, 11) is 0. The van der Waals surface area contributed by atoms with Gasteiger partial charge in [-0.2, -0.15) is 0 Å². The van der Waals surface area contributed by atoms with Gasteiger partial charge in [0.2, 0.25) is 0 Å². The summed E-state index contributed by atoms with van der Waals surface area (Å²) in [4.78, 5) is 23.0. The number of carbonyl (C=O) groups excluding carboxylic acids is 1. The molecule has 0 heterocycles. The largest absolute Gasteiger partial charge is 0.481 e. The first-order chi connectivity index (χ1) is 18.6. The fourth-order valence-electron chi connectivity index (χ4n) is 5.30. The SMILES string of the molecule is CCCCCCCCCCCCCCCCCC(=O)OC(CCCCC)CCCCCCCCCC(=O)O. The average molecular weight is 539 g/mol. The molecule has 0 saturated heterocycles. The van der Waals surface area contributed by atoms with E-state index in [0.29, 0.717) is 12.8 Å². The van der Waals surface area contributed by atoms with Crippen molar-refractivity contribution in [3.8, 4) is 0 Å². The normalized spacial score (nSPS) is 12.1. The number of carboxylic acids is 1. The van der Waals surface area contributed by atoms with Gasteiger partial charge in [0, 0.05) is 12.8 Å². The molecular weight excluding hydrogens is 472 g/mol. The van der Waals surface area contributed by atoms with Crippen LogP contribution >= 0.6 is 0 Å². The van der Waals surface area contributed by atoms with E-state index in [-0.39, 0.29) is 12.1 Å². The lowest BCUT2D eigenvalue weighted by atomic mass is 10.0. The van der Waals surface area contributed by atoms with Crippen molar-refractivity contribution in [1.29, 1.82) is 0 Å². The zero-order chi connectivity index (χ0) is 27.9. The fourth-order valence-corrected chi connectivity index (χ4v) is 5.30. The van der Waals surface area contributed by atoms with E-state index in [0.717, 1.165) is 57.8 Å². The first kappa shape index (κ1) is 36.9. The van der Waals surface area contributed by atoms with Crippen molar-refractivity contribution < 1.29 is 19.4 Å². The lowest BCUT2D eigenvalue weighted by Crippen LogP contribution is -2.18. The van der Waals surface area contributed by atoms with Gasteiger partial charge in [-0.15, -0.1) is 0 Å². The summed E-state index contributed by atoms with van der Waals surface area (Å²) in [6.45, 7) is 4.50. The molecule has 38 heavy (non-hydrogen) atoms. The predicted molar refractivity (Wildman–Crippen MR) is 163 cm³/mol. The Labute approximate surface area is 237 Å². The second-order valence-electron chi connectivity index (χ2n) is 11.7. The zero-order valence-corrected chi connectivity index (χ0v) is 25.8. The molecule has 1 unspecified atom stereocenters. The maximum atomic E-state index is 12.4. The molecule has 0 rings (SSSR count). The molecule has 0 aliphatic carbocycles. The Bertz CT molecular complexity index is 505. The number of esters is 1. The second kappa shape index (κ2) is 30.5. The molecule has 0 amide bonds. The van der Waals surface area contributed by atoms with Crippen LogP contribution in [0.25, 0.3) is 0 Å². The van der Waals surface area contributed by atoms with Gasteiger partial charge in [0.1, 0.15) is 6.10 Å². The van der Waals surface area contributed by atoms with Crippen LogP contribution < -0.4 is 0 Å². The monoisotopic (exact) mass is 538 g/mol. The van der Waals surface area contributed by atoms with E-state index in [1.807, 2.05) is 0 Å². The molecule has 1 N–H and O–H groups in total. The maximum absolute atomic E-state index is 12.4. The lowest BCUT2D eigenvalue weighted by molar-refractivity contribution is -0.150. The van der Waals surface area contributed by atoms with Crippen LogP contribution in [0.15, 0.2) is 0 Å². The summed E-state index contributed by atoms with van der Waals surface area (Å²) >= 11 is 0. The van der Waals surface area contributed by atoms with Crippen molar-refractivity contribution in [3.63, 3.8) is 0 Å². The van der Waals surface area contributed by atoms with Crippen LogP contribution in [0.2, 0.25) is 0 Å². The molecule has 0 aromatic heterocycles. The highest BCUT2D eigenvalue weighted by Gasteiger charge is 2.14. The van der Waals surface area contributed by atoms with Gasteiger partial charge in [-0.25, -0.2) is 0 Å². The molecule has 0 aromatic rings. The fraction of sp³-hybridized carbons (Fsp3) is 0.941. The van der Waals surface area contributed by atoms with E-state index < -0.39 is 5.97 Å². The van der Waals surface area contributed by atoms with Crippen LogP contribution in [-0.2, 0) is 14.3 Å². The molecule has 226 valence electrons. The molecule has 4 nitrogen and oxygen atoms in total. The van der Waals surface area contributed by atoms with Crippen LogP contribution in [0.5, 0.6) is 0 Å². The van der Waals surface area contributed by atoms with E-state index in [1.54, 1.807) is 0 Å². The van der Waals surface area contributed by atoms with Crippen LogP contribution in [0.1, 0.15) is 200 Å². The third kappa shape index (κ3) is 29.5. The minimum Gasteiger partial charge on any atom is -0.481 e. The van der Waals surface area contributed by atoms with Crippen molar-refractivity contribution >= 4 is 11.9 Å². The molecule has 0 radical (unpaired) electrons. The van der Waals surface area contributed by atoms with Gasteiger partial charge in [0.05, 0.1) is 0 Å². The highest BCUT2D eigenvalue weighted by atomic mass is 16.5. The van der Waals surface area contributed by atoms with E-state index in [4.69, 9.17) is 9.84 Å². The van der Waals surface area contributed by atoms with Crippen LogP contribution in [0, 0.1) is 0 Å². The molecular formula is C34H66O4. The number of hydrogen-bond acceptors (Lipinski definition) is 3. The molecule has 0 spiro atoms. The smallest absolute Gasteiger partial charge is 0.306 e. The average Bonchev–Trinajstić information content (AvgIpc) is 2.89. The summed E-state index contributed by atoms with van der Waals surface area (Å²) in [5.74, 6) is -0.673. The Morgan fingerprint density at radius 3 is 1.21 bits per heavy atom. The van der Waals surface area contributed by atoms with Crippen LogP contribution in [0.4, 0.5) is 0 Å². The highest BCUT2D eigenvalue weighted by Crippen LogP contribution is 2.18. The summed E-state index contributed by atoms with van der Waals surface area (Å²) in [6, 6.07) is 0. The van der Waals surface area contributed by atoms with Crippen LogP contribution in [0.3, 0.4) is 0 Å². The van der Waals surface area contributed by atoms with Gasteiger partial charge in [-0.3, -0.25) is 9.59 Å². The van der Waals surface area contributed by atoms with E-state index in [2.05, 4.69) is 13.8 Å². The molecule has 0 aliphatic rings. The van der Waals surface area contributed by atoms with E-state index in [9.17, 15) is 9.59 Å². The minimum absolute atomic E-state index is 0.0135. The van der Waals surface area contributed by atoms with E-state index in [1.165, 1.54) is 116 Å². The number of unbranched alkanes of at least 4 members (excludes halogenated alkanes) is 22. The Morgan fingerprint density at radius 2 is 0.789 bits per heavy atom. The number of hydrogen-bond donors (Lipinski definition) is 1. The van der Waals surface area contributed by atoms with Crippen molar-refractivity contribution in [3.05, 3.63) is 0 Å². The predicted octanol–water partition coefficient (Wildman–Crippen LogP) is 11.3. The zero-order valence-electron chi connectivity index (χ0n) is 25.8. The number of rotatable bonds is 31. The molecule has 4 heteroatoms. The molecule has 0 aliphatic heterocycles. The second-order valence-corrected chi connectivity index (χ2v) is 11.7. The summed E-state index contributed by atoms with van der Waals surface area (Å²) in [6.07, 6.45) is 34.3. The summed E-state index contributed by atoms with van der Waals surface area (Å²) < 4.78 is 5.90. The van der Waals surface area contributed by atoms with Crippen molar-refractivity contribution in [1.82, 2.24) is 0 Å².